The molecule has 0 saturated heterocycles. The molecule has 1 heterocycles. The fraction of sp³-hybridized carbons (Fsp3) is 0.300. The highest BCUT2D eigenvalue weighted by atomic mass is 32.2. The zero-order chi connectivity index (χ0) is 20.1. The first-order valence-electron chi connectivity index (χ1n) is 8.87. The van der Waals surface area contributed by atoms with Crippen molar-refractivity contribution < 1.29 is 17.3 Å². The quantitative estimate of drug-likeness (QED) is 0.705. The van der Waals surface area contributed by atoms with E-state index < -0.39 is 10.0 Å². The molecular weight excluding hydrogens is 381 g/mol. The molecule has 0 aliphatic heterocycles. The van der Waals surface area contributed by atoms with E-state index in [0.29, 0.717) is 17.3 Å². The van der Waals surface area contributed by atoms with Gasteiger partial charge in [0.2, 0.25) is 21.7 Å². The van der Waals surface area contributed by atoms with Crippen molar-refractivity contribution in [2.75, 3.05) is 0 Å². The molecule has 0 radical (unpaired) electrons. The standard InChI is InChI=1S/C20H20FN3O3S/c1-12-9-10-13(21)11-15(12)18-22-19(27-23-18)16-17(20(16,2)3)24-28(25,26)14-7-5-4-6-8-14/h4-11,16-17,24H,1-3H3/t16-,17-/m1/s1. The van der Waals surface area contributed by atoms with Gasteiger partial charge in [-0.2, -0.15) is 4.98 Å². The van der Waals surface area contributed by atoms with Crippen molar-refractivity contribution in [1.29, 1.82) is 0 Å². The number of aryl methyl sites for hydroxylation is 1. The number of halogens is 1. The largest absolute Gasteiger partial charge is 0.339 e. The summed E-state index contributed by atoms with van der Waals surface area (Å²) < 4.78 is 47.0. The molecule has 1 fully saturated rings. The van der Waals surface area contributed by atoms with Gasteiger partial charge in [0.1, 0.15) is 5.82 Å². The summed E-state index contributed by atoms with van der Waals surface area (Å²) in [6, 6.07) is 12.2. The number of nitrogens with zero attached hydrogens (tertiary/aromatic N) is 2. The van der Waals surface area contributed by atoms with Gasteiger partial charge in [-0.3, -0.25) is 0 Å². The minimum Gasteiger partial charge on any atom is -0.339 e. The molecule has 6 nitrogen and oxygen atoms in total. The number of benzene rings is 2. The summed E-state index contributed by atoms with van der Waals surface area (Å²) in [5, 5.41) is 3.97. The Kier molecular flexibility index (Phi) is 4.35. The molecule has 146 valence electrons. The summed E-state index contributed by atoms with van der Waals surface area (Å²) >= 11 is 0. The first-order chi connectivity index (χ1) is 13.2. The summed E-state index contributed by atoms with van der Waals surface area (Å²) in [5.74, 6) is -0.0166. The Labute approximate surface area is 162 Å². The van der Waals surface area contributed by atoms with Crippen molar-refractivity contribution in [2.24, 2.45) is 5.41 Å². The Balaban J connectivity index is 1.59. The summed E-state index contributed by atoms with van der Waals surface area (Å²) in [4.78, 5) is 4.62. The van der Waals surface area contributed by atoms with Crippen LogP contribution in [-0.4, -0.2) is 24.6 Å². The third-order valence-corrected chi connectivity index (χ3v) is 6.77. The maximum atomic E-state index is 13.6. The second kappa shape index (κ2) is 6.49. The Morgan fingerprint density at radius 2 is 1.86 bits per heavy atom. The maximum absolute atomic E-state index is 13.6. The summed E-state index contributed by atoms with van der Waals surface area (Å²) in [5.41, 5.74) is 0.989. The number of rotatable bonds is 5. The summed E-state index contributed by atoms with van der Waals surface area (Å²) in [7, 11) is -3.66. The molecule has 0 spiro atoms. The first-order valence-corrected chi connectivity index (χ1v) is 10.4. The normalized spacial score (nSPS) is 20.9. The van der Waals surface area contributed by atoms with Gasteiger partial charge in [0.05, 0.1) is 10.8 Å². The minimum atomic E-state index is -3.66. The van der Waals surface area contributed by atoms with E-state index in [1.807, 2.05) is 20.8 Å². The average Bonchev–Trinajstić information content (AvgIpc) is 2.98. The van der Waals surface area contributed by atoms with E-state index >= 15 is 0 Å². The molecule has 1 aliphatic carbocycles. The van der Waals surface area contributed by atoms with Crippen molar-refractivity contribution >= 4 is 10.0 Å². The van der Waals surface area contributed by atoms with E-state index in [2.05, 4.69) is 14.9 Å². The molecule has 0 amide bonds. The van der Waals surface area contributed by atoms with Gasteiger partial charge in [0.15, 0.2) is 0 Å². The van der Waals surface area contributed by atoms with Crippen LogP contribution in [0.5, 0.6) is 0 Å². The van der Waals surface area contributed by atoms with Gasteiger partial charge in [-0.1, -0.05) is 43.3 Å². The van der Waals surface area contributed by atoms with Crippen LogP contribution >= 0.6 is 0 Å². The average molecular weight is 401 g/mol. The molecule has 1 aliphatic rings. The molecule has 1 saturated carbocycles. The van der Waals surface area contributed by atoms with Crippen molar-refractivity contribution in [3.05, 3.63) is 65.8 Å². The lowest BCUT2D eigenvalue weighted by Gasteiger charge is -2.07. The molecule has 4 rings (SSSR count). The van der Waals surface area contributed by atoms with Crippen LogP contribution in [-0.2, 0) is 10.0 Å². The van der Waals surface area contributed by atoms with Crippen LogP contribution in [0, 0.1) is 18.2 Å². The van der Waals surface area contributed by atoms with Gasteiger partial charge in [-0.25, -0.2) is 17.5 Å². The van der Waals surface area contributed by atoms with E-state index in [-0.39, 0.29) is 28.1 Å². The van der Waals surface area contributed by atoms with Crippen LogP contribution in [0.25, 0.3) is 11.4 Å². The zero-order valence-electron chi connectivity index (χ0n) is 15.7. The molecule has 28 heavy (non-hydrogen) atoms. The zero-order valence-corrected chi connectivity index (χ0v) is 16.5. The predicted octanol–water partition coefficient (Wildman–Crippen LogP) is 3.65. The topological polar surface area (TPSA) is 85.1 Å². The smallest absolute Gasteiger partial charge is 0.240 e. The fourth-order valence-electron chi connectivity index (χ4n) is 3.46. The van der Waals surface area contributed by atoms with E-state index in [4.69, 9.17) is 4.52 Å². The Morgan fingerprint density at radius 1 is 1.14 bits per heavy atom. The number of hydrogen-bond donors (Lipinski definition) is 1. The van der Waals surface area contributed by atoms with E-state index in [0.717, 1.165) is 5.56 Å². The minimum absolute atomic E-state index is 0.207. The van der Waals surface area contributed by atoms with Gasteiger partial charge >= 0.3 is 0 Å². The molecule has 0 unspecified atom stereocenters. The highest BCUT2D eigenvalue weighted by Crippen LogP contribution is 2.58. The first kappa shape index (κ1) is 18.8. The second-order valence-corrected chi connectivity index (χ2v) is 9.34. The second-order valence-electron chi connectivity index (χ2n) is 7.63. The van der Waals surface area contributed by atoms with Crippen molar-refractivity contribution in [3.63, 3.8) is 0 Å². The van der Waals surface area contributed by atoms with Gasteiger partial charge in [0, 0.05) is 11.6 Å². The fourth-order valence-corrected chi connectivity index (χ4v) is 4.89. The molecular formula is C20H20FN3O3S. The molecule has 1 N–H and O–H groups in total. The number of aromatic nitrogens is 2. The van der Waals surface area contributed by atoms with Crippen molar-refractivity contribution in [1.82, 2.24) is 14.9 Å². The molecule has 8 heteroatoms. The van der Waals surface area contributed by atoms with Crippen LogP contribution in [0.2, 0.25) is 0 Å². The SMILES string of the molecule is Cc1ccc(F)cc1-c1noc([C@H]2[C@@H](NS(=O)(=O)c3ccccc3)C2(C)C)n1. The van der Waals surface area contributed by atoms with E-state index in [9.17, 15) is 12.8 Å². The lowest BCUT2D eigenvalue weighted by molar-refractivity contribution is 0.368. The van der Waals surface area contributed by atoms with Crippen molar-refractivity contribution in [3.8, 4) is 11.4 Å². The Bertz CT molecular complexity index is 1130. The van der Waals surface area contributed by atoms with E-state index in [1.54, 1.807) is 36.4 Å². The van der Waals surface area contributed by atoms with Gasteiger partial charge < -0.3 is 4.52 Å². The monoisotopic (exact) mass is 401 g/mol. The lowest BCUT2D eigenvalue weighted by atomic mass is 10.1. The van der Waals surface area contributed by atoms with Crippen LogP contribution in [0.1, 0.15) is 31.2 Å². The highest BCUT2D eigenvalue weighted by Gasteiger charge is 2.63. The summed E-state index contributed by atoms with van der Waals surface area (Å²) in [6.07, 6.45) is 0. The number of hydrogen-bond acceptors (Lipinski definition) is 5. The van der Waals surface area contributed by atoms with Crippen LogP contribution < -0.4 is 4.72 Å². The highest BCUT2D eigenvalue weighted by molar-refractivity contribution is 7.89. The molecule has 2 atom stereocenters. The Hall–Kier alpha value is -2.58. The number of sulfonamides is 1. The maximum Gasteiger partial charge on any atom is 0.240 e. The van der Waals surface area contributed by atoms with E-state index in [1.165, 1.54) is 12.1 Å². The van der Waals surface area contributed by atoms with Crippen LogP contribution in [0.3, 0.4) is 0 Å². The third kappa shape index (κ3) is 3.22. The lowest BCUT2D eigenvalue weighted by Crippen LogP contribution is -2.29. The molecule has 1 aromatic heterocycles. The Morgan fingerprint density at radius 3 is 2.57 bits per heavy atom. The third-order valence-electron chi connectivity index (χ3n) is 5.31. The number of nitrogens with one attached hydrogen (secondary N) is 1. The summed E-state index contributed by atoms with van der Waals surface area (Å²) in [6.45, 7) is 5.71. The molecule has 0 bridgehead atoms. The predicted molar refractivity (Wildman–Crippen MR) is 102 cm³/mol. The molecule has 2 aromatic carbocycles. The van der Waals surface area contributed by atoms with Crippen LogP contribution in [0.15, 0.2) is 57.9 Å². The van der Waals surface area contributed by atoms with Gasteiger partial charge in [-0.05, 0) is 42.2 Å². The van der Waals surface area contributed by atoms with Crippen molar-refractivity contribution in [2.45, 2.75) is 37.6 Å². The van der Waals surface area contributed by atoms with Gasteiger partial charge in [-0.15, -0.1) is 0 Å². The van der Waals surface area contributed by atoms with Gasteiger partial charge in [0.25, 0.3) is 0 Å². The van der Waals surface area contributed by atoms with Crippen LogP contribution in [0.4, 0.5) is 4.39 Å². The molecule has 3 aromatic rings.